The standard InChI is InChI=1S/C28H43NO4/c1-2-3-4-5-6-7-8-9-10-11-12-13-17-20-26(30)22-27(31)29-25(23-33-28(29)32)21-24-18-15-14-16-19-24/h14-16,18-19,25H,2-13,17,20-23H2,1H3/t25-/m0/s1. The fourth-order valence-electron chi connectivity index (χ4n) is 4.48. The average molecular weight is 458 g/mol. The number of amides is 2. The molecule has 1 fully saturated rings. The number of rotatable bonds is 18. The van der Waals surface area contributed by atoms with Crippen LogP contribution in [-0.4, -0.2) is 35.3 Å². The molecule has 0 aromatic heterocycles. The van der Waals surface area contributed by atoms with E-state index in [2.05, 4.69) is 6.92 Å². The molecule has 184 valence electrons. The van der Waals surface area contributed by atoms with Crippen LogP contribution in [0.25, 0.3) is 0 Å². The van der Waals surface area contributed by atoms with Gasteiger partial charge >= 0.3 is 6.09 Å². The summed E-state index contributed by atoms with van der Waals surface area (Å²) in [4.78, 5) is 38.1. The second-order valence-electron chi connectivity index (χ2n) is 9.39. The number of ether oxygens (including phenoxy) is 1. The lowest BCUT2D eigenvalue weighted by Crippen LogP contribution is -2.41. The third-order valence-corrected chi connectivity index (χ3v) is 6.45. The summed E-state index contributed by atoms with van der Waals surface area (Å²) in [6, 6.07) is 9.38. The molecule has 1 atom stereocenters. The van der Waals surface area contributed by atoms with Gasteiger partial charge < -0.3 is 4.74 Å². The molecule has 1 aromatic rings. The van der Waals surface area contributed by atoms with Crippen molar-refractivity contribution in [2.45, 2.75) is 116 Å². The van der Waals surface area contributed by atoms with E-state index in [9.17, 15) is 14.4 Å². The number of carbonyl (C=O) groups excluding carboxylic acids is 3. The van der Waals surface area contributed by atoms with Crippen LogP contribution in [0.3, 0.4) is 0 Å². The zero-order valence-electron chi connectivity index (χ0n) is 20.6. The fraction of sp³-hybridized carbons (Fsp3) is 0.679. The van der Waals surface area contributed by atoms with Gasteiger partial charge in [-0.3, -0.25) is 9.59 Å². The number of imide groups is 1. The normalized spacial score (nSPS) is 15.6. The number of hydrogen-bond acceptors (Lipinski definition) is 4. The molecule has 0 N–H and O–H groups in total. The van der Waals surface area contributed by atoms with E-state index < -0.39 is 12.0 Å². The number of carbonyl (C=O) groups is 3. The first-order chi connectivity index (χ1) is 16.1. The van der Waals surface area contributed by atoms with Crippen molar-refractivity contribution in [2.24, 2.45) is 0 Å². The van der Waals surface area contributed by atoms with E-state index in [1.807, 2.05) is 30.3 Å². The summed E-state index contributed by atoms with van der Waals surface area (Å²) in [5, 5.41) is 0. The largest absolute Gasteiger partial charge is 0.447 e. The van der Waals surface area contributed by atoms with Crippen molar-refractivity contribution in [3.63, 3.8) is 0 Å². The van der Waals surface area contributed by atoms with Crippen LogP contribution in [0.15, 0.2) is 30.3 Å². The average Bonchev–Trinajstić information content (AvgIpc) is 3.17. The first kappa shape index (κ1) is 27.1. The monoisotopic (exact) mass is 457 g/mol. The van der Waals surface area contributed by atoms with E-state index in [4.69, 9.17) is 4.74 Å². The molecule has 1 heterocycles. The molecule has 0 radical (unpaired) electrons. The molecule has 1 saturated heterocycles. The number of benzene rings is 1. The maximum absolute atomic E-state index is 12.6. The van der Waals surface area contributed by atoms with Gasteiger partial charge in [-0.25, -0.2) is 9.69 Å². The van der Waals surface area contributed by atoms with Crippen LogP contribution in [0.1, 0.15) is 109 Å². The maximum Gasteiger partial charge on any atom is 0.416 e. The van der Waals surface area contributed by atoms with Gasteiger partial charge in [0, 0.05) is 6.42 Å². The number of Topliss-reactive ketones (excluding diaryl/α,β-unsaturated/α-hetero) is 1. The van der Waals surface area contributed by atoms with Crippen molar-refractivity contribution in [3.05, 3.63) is 35.9 Å². The lowest BCUT2D eigenvalue weighted by Gasteiger charge is -2.19. The topological polar surface area (TPSA) is 63.7 Å². The third-order valence-electron chi connectivity index (χ3n) is 6.45. The summed E-state index contributed by atoms with van der Waals surface area (Å²) in [5.41, 5.74) is 1.04. The highest BCUT2D eigenvalue weighted by atomic mass is 16.6. The van der Waals surface area contributed by atoms with Crippen LogP contribution in [0.4, 0.5) is 4.79 Å². The van der Waals surface area contributed by atoms with E-state index in [0.717, 1.165) is 29.7 Å². The van der Waals surface area contributed by atoms with E-state index in [1.165, 1.54) is 64.2 Å². The Hall–Kier alpha value is -2.17. The van der Waals surface area contributed by atoms with Crippen molar-refractivity contribution < 1.29 is 19.1 Å². The first-order valence-corrected chi connectivity index (χ1v) is 13.2. The zero-order chi connectivity index (χ0) is 23.7. The molecule has 1 aromatic carbocycles. The molecule has 1 aliphatic heterocycles. The SMILES string of the molecule is CCCCCCCCCCCCCCCC(=O)CC(=O)N1C(=O)OC[C@@H]1Cc1ccccc1. The van der Waals surface area contributed by atoms with Gasteiger partial charge in [-0.15, -0.1) is 0 Å². The van der Waals surface area contributed by atoms with E-state index in [-0.39, 0.29) is 24.9 Å². The third kappa shape index (κ3) is 11.0. The second kappa shape index (κ2) is 16.4. The summed E-state index contributed by atoms with van der Waals surface area (Å²) < 4.78 is 5.09. The minimum atomic E-state index is -0.630. The zero-order valence-corrected chi connectivity index (χ0v) is 20.6. The Morgan fingerprint density at radius 1 is 0.848 bits per heavy atom. The van der Waals surface area contributed by atoms with Crippen molar-refractivity contribution in [3.8, 4) is 0 Å². The molecule has 5 nitrogen and oxygen atoms in total. The summed E-state index contributed by atoms with van der Waals surface area (Å²) >= 11 is 0. The Morgan fingerprint density at radius 3 is 1.97 bits per heavy atom. The van der Waals surface area contributed by atoms with E-state index in [0.29, 0.717) is 12.8 Å². The quantitative estimate of drug-likeness (QED) is 0.175. The molecule has 0 unspecified atom stereocenters. The Balaban J connectivity index is 1.52. The van der Waals surface area contributed by atoms with Crippen LogP contribution in [-0.2, 0) is 20.7 Å². The molecular formula is C28H43NO4. The van der Waals surface area contributed by atoms with E-state index >= 15 is 0 Å². The van der Waals surface area contributed by atoms with Gasteiger partial charge in [-0.1, -0.05) is 114 Å². The molecule has 0 aliphatic carbocycles. The minimum absolute atomic E-state index is 0.0822. The molecule has 0 spiro atoms. The molecule has 1 aliphatic rings. The van der Waals surface area contributed by atoms with Crippen molar-refractivity contribution >= 4 is 17.8 Å². The molecule has 0 saturated carbocycles. The Morgan fingerprint density at radius 2 is 1.39 bits per heavy atom. The Kier molecular flexibility index (Phi) is 13.5. The van der Waals surface area contributed by atoms with Crippen LogP contribution in [0, 0.1) is 0 Å². The summed E-state index contributed by atoms with van der Waals surface area (Å²) in [6.45, 7) is 2.44. The Bertz CT molecular complexity index is 703. The lowest BCUT2D eigenvalue weighted by atomic mass is 10.0. The lowest BCUT2D eigenvalue weighted by molar-refractivity contribution is -0.133. The molecule has 2 amide bonds. The fourth-order valence-corrected chi connectivity index (χ4v) is 4.48. The molecular weight excluding hydrogens is 414 g/mol. The molecule has 33 heavy (non-hydrogen) atoms. The van der Waals surface area contributed by atoms with E-state index in [1.54, 1.807) is 0 Å². The van der Waals surface area contributed by atoms with Gasteiger partial charge in [0.15, 0.2) is 0 Å². The van der Waals surface area contributed by atoms with Crippen LogP contribution in [0.2, 0.25) is 0 Å². The van der Waals surface area contributed by atoms with Gasteiger partial charge in [0.2, 0.25) is 5.91 Å². The van der Waals surface area contributed by atoms with Crippen molar-refractivity contribution in [1.29, 1.82) is 0 Å². The summed E-state index contributed by atoms with van der Waals surface area (Å²) in [7, 11) is 0. The minimum Gasteiger partial charge on any atom is -0.447 e. The Labute approximate surface area is 200 Å². The highest BCUT2D eigenvalue weighted by molar-refractivity contribution is 6.04. The second-order valence-corrected chi connectivity index (χ2v) is 9.39. The van der Waals surface area contributed by atoms with Crippen LogP contribution in [0.5, 0.6) is 0 Å². The van der Waals surface area contributed by atoms with Gasteiger partial charge in [0.1, 0.15) is 12.4 Å². The van der Waals surface area contributed by atoms with Crippen molar-refractivity contribution in [2.75, 3.05) is 6.61 Å². The number of hydrogen-bond donors (Lipinski definition) is 0. The number of unbranched alkanes of at least 4 members (excludes halogenated alkanes) is 12. The van der Waals surface area contributed by atoms with Crippen molar-refractivity contribution in [1.82, 2.24) is 4.90 Å². The molecule has 5 heteroatoms. The first-order valence-electron chi connectivity index (χ1n) is 13.2. The summed E-state index contributed by atoms with van der Waals surface area (Å²) in [6.07, 6.45) is 16.5. The number of nitrogens with zero attached hydrogens (tertiary/aromatic N) is 1. The summed E-state index contributed by atoms with van der Waals surface area (Å²) in [5.74, 6) is -0.514. The molecule has 0 bridgehead atoms. The number of cyclic esters (lactones) is 1. The highest BCUT2D eigenvalue weighted by Gasteiger charge is 2.38. The van der Waals surface area contributed by atoms with Gasteiger partial charge in [-0.05, 0) is 18.4 Å². The maximum atomic E-state index is 12.6. The van der Waals surface area contributed by atoms with Gasteiger partial charge in [0.05, 0.1) is 12.5 Å². The predicted molar refractivity (Wildman–Crippen MR) is 132 cm³/mol. The van der Waals surface area contributed by atoms with Gasteiger partial charge in [-0.2, -0.15) is 0 Å². The smallest absolute Gasteiger partial charge is 0.416 e. The molecule has 2 rings (SSSR count). The van der Waals surface area contributed by atoms with Crippen LogP contribution >= 0.6 is 0 Å². The van der Waals surface area contributed by atoms with Crippen LogP contribution < -0.4 is 0 Å². The number of ketones is 1. The highest BCUT2D eigenvalue weighted by Crippen LogP contribution is 2.19. The van der Waals surface area contributed by atoms with Gasteiger partial charge in [0.25, 0.3) is 0 Å². The predicted octanol–water partition coefficient (Wildman–Crippen LogP) is 7.02.